The van der Waals surface area contributed by atoms with Crippen molar-refractivity contribution in [1.82, 2.24) is 9.88 Å². The molecule has 4 aromatic rings. The molecule has 5 atom stereocenters. The van der Waals surface area contributed by atoms with Crippen LogP contribution in [0.4, 0.5) is 0 Å². The lowest BCUT2D eigenvalue weighted by atomic mass is 9.71. The standard InChI is InChI=1S/C33H32N2O5/c1-2-24-25(18-29(36)27-17-23-15-9-10-16-26(23)34-27)30(33(38)40-19-21-11-5-3-6-12-21)31(37)35-28(20-39-32(24)35)22-13-7-4-8-14-22/h3-17,24-25,28,30,32,34H,2,18-20H2,1H3/t24-,25+,28+,30-,32+/m1/s1. The van der Waals surface area contributed by atoms with Crippen molar-refractivity contribution in [2.45, 2.75) is 38.6 Å². The van der Waals surface area contributed by atoms with Gasteiger partial charge in [-0.1, -0.05) is 85.8 Å². The van der Waals surface area contributed by atoms with Gasteiger partial charge in [0.15, 0.2) is 5.78 Å². The van der Waals surface area contributed by atoms with Gasteiger partial charge in [-0.3, -0.25) is 14.4 Å². The highest BCUT2D eigenvalue weighted by Crippen LogP contribution is 2.46. The Morgan fingerprint density at radius 1 is 0.950 bits per heavy atom. The summed E-state index contributed by atoms with van der Waals surface area (Å²) >= 11 is 0. The molecule has 0 bridgehead atoms. The van der Waals surface area contributed by atoms with Crippen molar-refractivity contribution < 1.29 is 23.9 Å². The summed E-state index contributed by atoms with van der Waals surface area (Å²) in [7, 11) is 0. The second kappa shape index (κ2) is 11.1. The van der Waals surface area contributed by atoms with Gasteiger partial charge in [-0.25, -0.2) is 0 Å². The predicted molar refractivity (Wildman–Crippen MR) is 150 cm³/mol. The van der Waals surface area contributed by atoms with Crippen LogP contribution in [0.3, 0.4) is 0 Å². The fourth-order valence-electron chi connectivity index (χ4n) is 6.29. The monoisotopic (exact) mass is 536 g/mol. The van der Waals surface area contributed by atoms with Crippen LogP contribution in [0.5, 0.6) is 0 Å². The molecule has 0 saturated carbocycles. The van der Waals surface area contributed by atoms with E-state index < -0.39 is 24.0 Å². The van der Waals surface area contributed by atoms with Gasteiger partial charge < -0.3 is 19.4 Å². The van der Waals surface area contributed by atoms with Gasteiger partial charge in [0.25, 0.3) is 0 Å². The van der Waals surface area contributed by atoms with E-state index in [1.165, 1.54) is 0 Å². The lowest BCUT2D eigenvalue weighted by Crippen LogP contribution is -2.57. The number of nitrogens with one attached hydrogen (secondary N) is 1. The predicted octanol–water partition coefficient (Wildman–Crippen LogP) is 5.68. The van der Waals surface area contributed by atoms with Crippen LogP contribution in [0.2, 0.25) is 0 Å². The quantitative estimate of drug-likeness (QED) is 0.178. The maximum atomic E-state index is 14.2. The Morgan fingerprint density at radius 3 is 2.38 bits per heavy atom. The Hall–Kier alpha value is -4.23. The number of nitrogens with zero attached hydrogens (tertiary/aromatic N) is 1. The minimum Gasteiger partial charge on any atom is -0.460 e. The number of carbonyl (C=O) groups is 3. The van der Waals surface area contributed by atoms with E-state index in [0.29, 0.717) is 18.7 Å². The minimum atomic E-state index is -1.11. The van der Waals surface area contributed by atoms with Crippen molar-refractivity contribution in [2.24, 2.45) is 17.8 Å². The summed E-state index contributed by atoms with van der Waals surface area (Å²) < 4.78 is 12.0. The molecule has 6 rings (SSSR count). The number of hydrogen-bond donors (Lipinski definition) is 1. The van der Waals surface area contributed by atoms with E-state index in [4.69, 9.17) is 9.47 Å². The molecule has 0 spiro atoms. The Labute approximate surface area is 233 Å². The minimum absolute atomic E-state index is 0.0336. The summed E-state index contributed by atoms with van der Waals surface area (Å²) in [6, 6.07) is 28.3. The van der Waals surface area contributed by atoms with Crippen molar-refractivity contribution in [3.05, 3.63) is 108 Å². The van der Waals surface area contributed by atoms with Gasteiger partial charge in [0.1, 0.15) is 18.8 Å². The largest absolute Gasteiger partial charge is 0.460 e. The van der Waals surface area contributed by atoms with Gasteiger partial charge in [-0.2, -0.15) is 0 Å². The number of aromatic nitrogens is 1. The summed E-state index contributed by atoms with van der Waals surface area (Å²) in [4.78, 5) is 46.5. The van der Waals surface area contributed by atoms with Gasteiger partial charge in [0.05, 0.1) is 18.3 Å². The third kappa shape index (κ3) is 4.82. The molecule has 40 heavy (non-hydrogen) atoms. The van der Waals surface area contributed by atoms with Crippen molar-refractivity contribution in [1.29, 1.82) is 0 Å². The molecular weight excluding hydrogens is 504 g/mol. The molecule has 7 nitrogen and oxygen atoms in total. The van der Waals surface area contributed by atoms with E-state index >= 15 is 0 Å². The third-order valence-electron chi connectivity index (χ3n) is 8.28. The van der Waals surface area contributed by atoms with E-state index in [9.17, 15) is 14.4 Å². The fraction of sp³-hybridized carbons (Fsp3) is 0.303. The first-order valence-electron chi connectivity index (χ1n) is 13.9. The van der Waals surface area contributed by atoms with Crippen molar-refractivity contribution in [3.8, 4) is 0 Å². The lowest BCUT2D eigenvalue weighted by molar-refractivity contribution is -0.176. The Morgan fingerprint density at radius 2 is 1.65 bits per heavy atom. The number of carbonyl (C=O) groups excluding carboxylic acids is 3. The normalized spacial score (nSPS) is 24.2. The average molecular weight is 537 g/mol. The van der Waals surface area contributed by atoms with E-state index in [1.807, 2.05) is 97.9 Å². The highest BCUT2D eigenvalue weighted by molar-refractivity contribution is 6.02. The first-order valence-corrected chi connectivity index (χ1v) is 13.9. The number of amides is 1. The van der Waals surface area contributed by atoms with Crippen LogP contribution in [0.15, 0.2) is 91.0 Å². The number of para-hydroxylation sites is 1. The second-order valence-corrected chi connectivity index (χ2v) is 10.6. The Kier molecular flexibility index (Phi) is 7.22. The zero-order valence-electron chi connectivity index (χ0n) is 22.4. The Balaban J connectivity index is 1.33. The molecule has 204 valence electrons. The first kappa shape index (κ1) is 26.0. The molecule has 3 heterocycles. The van der Waals surface area contributed by atoms with Crippen molar-refractivity contribution >= 4 is 28.6 Å². The van der Waals surface area contributed by atoms with E-state index in [0.717, 1.165) is 22.0 Å². The molecule has 1 aromatic heterocycles. The number of hydrogen-bond acceptors (Lipinski definition) is 5. The zero-order valence-corrected chi connectivity index (χ0v) is 22.4. The molecule has 3 aromatic carbocycles. The smallest absolute Gasteiger partial charge is 0.319 e. The molecule has 2 aliphatic heterocycles. The summed E-state index contributed by atoms with van der Waals surface area (Å²) in [5, 5.41) is 0.937. The summed E-state index contributed by atoms with van der Waals surface area (Å²) in [6.07, 6.45) is 0.163. The molecule has 7 heteroatoms. The number of piperidine rings is 1. The summed E-state index contributed by atoms with van der Waals surface area (Å²) in [6.45, 7) is 2.42. The first-order chi connectivity index (χ1) is 19.5. The van der Waals surface area contributed by atoms with Crippen LogP contribution >= 0.6 is 0 Å². The third-order valence-corrected chi connectivity index (χ3v) is 8.28. The molecule has 2 fully saturated rings. The number of benzene rings is 3. The molecule has 1 amide bonds. The number of Topliss-reactive ketones (excluding diaryl/α,β-unsaturated/α-hetero) is 1. The van der Waals surface area contributed by atoms with Gasteiger partial charge in [-0.15, -0.1) is 0 Å². The molecule has 0 unspecified atom stereocenters. The molecule has 0 radical (unpaired) electrons. The average Bonchev–Trinajstić information content (AvgIpc) is 3.63. The number of aromatic amines is 1. The topological polar surface area (TPSA) is 88.7 Å². The molecule has 1 N–H and O–H groups in total. The summed E-state index contributed by atoms with van der Waals surface area (Å²) in [5.41, 5.74) is 3.13. The fourth-order valence-corrected chi connectivity index (χ4v) is 6.29. The number of fused-ring (bicyclic) bond motifs is 2. The molecule has 2 aliphatic rings. The lowest BCUT2D eigenvalue weighted by Gasteiger charge is -2.45. The number of ether oxygens (including phenoxy) is 2. The molecule has 2 saturated heterocycles. The van der Waals surface area contributed by atoms with Crippen LogP contribution in [0.1, 0.15) is 47.4 Å². The van der Waals surface area contributed by atoms with Gasteiger partial charge in [0, 0.05) is 23.2 Å². The van der Waals surface area contributed by atoms with Crippen LogP contribution in [-0.2, 0) is 25.7 Å². The van der Waals surface area contributed by atoms with Crippen molar-refractivity contribution in [3.63, 3.8) is 0 Å². The zero-order chi connectivity index (χ0) is 27.6. The van der Waals surface area contributed by atoms with Crippen LogP contribution in [0, 0.1) is 17.8 Å². The molecule has 0 aliphatic carbocycles. The van der Waals surface area contributed by atoms with Gasteiger partial charge in [0.2, 0.25) is 5.91 Å². The number of H-pyrrole nitrogens is 1. The highest BCUT2D eigenvalue weighted by Gasteiger charge is 2.56. The van der Waals surface area contributed by atoms with Gasteiger partial charge in [-0.05, 0) is 35.6 Å². The van der Waals surface area contributed by atoms with E-state index in [-0.39, 0.29) is 36.7 Å². The maximum absolute atomic E-state index is 14.2. The van der Waals surface area contributed by atoms with Gasteiger partial charge >= 0.3 is 5.97 Å². The van der Waals surface area contributed by atoms with E-state index in [2.05, 4.69) is 4.98 Å². The van der Waals surface area contributed by atoms with Crippen LogP contribution in [-0.4, -0.2) is 40.4 Å². The molecular formula is C33H32N2O5. The maximum Gasteiger partial charge on any atom is 0.319 e. The SMILES string of the molecule is CC[C@@H]1[C@H](CC(=O)c2cc3ccccc3[nH]2)[C@@H](C(=O)OCc2ccccc2)C(=O)N2[C@H](c3ccccc3)CO[C@@H]12. The summed E-state index contributed by atoms with van der Waals surface area (Å²) in [5.74, 6) is -2.96. The number of ketones is 1. The highest BCUT2D eigenvalue weighted by atomic mass is 16.5. The second-order valence-electron chi connectivity index (χ2n) is 10.6. The van der Waals surface area contributed by atoms with Crippen molar-refractivity contribution in [2.75, 3.05) is 6.61 Å². The van der Waals surface area contributed by atoms with Crippen LogP contribution < -0.4 is 0 Å². The van der Waals surface area contributed by atoms with Crippen LogP contribution in [0.25, 0.3) is 10.9 Å². The number of esters is 1. The number of rotatable bonds is 8. The van der Waals surface area contributed by atoms with E-state index in [1.54, 1.807) is 4.90 Å². The Bertz CT molecular complexity index is 1480.